The summed E-state index contributed by atoms with van der Waals surface area (Å²) >= 11 is 0. The van der Waals surface area contributed by atoms with Gasteiger partial charge in [0.15, 0.2) is 5.78 Å². The Morgan fingerprint density at radius 2 is 1.92 bits per heavy atom. The van der Waals surface area contributed by atoms with Crippen molar-refractivity contribution in [3.05, 3.63) is 29.3 Å². The number of hydrogen-bond donors (Lipinski definition) is 1. The Labute approximate surface area is 154 Å². The molecule has 0 unspecified atom stereocenters. The van der Waals surface area contributed by atoms with Crippen LogP contribution in [0.25, 0.3) is 0 Å². The molecule has 1 heterocycles. The third-order valence-corrected chi connectivity index (χ3v) is 4.80. The van der Waals surface area contributed by atoms with Crippen LogP contribution in [-0.2, 0) is 16.0 Å². The van der Waals surface area contributed by atoms with Gasteiger partial charge in [0.25, 0.3) is 0 Å². The van der Waals surface area contributed by atoms with Crippen molar-refractivity contribution in [1.82, 2.24) is 10.2 Å². The molecule has 2 amide bonds. The number of nitrogens with one attached hydrogen (secondary N) is 1. The summed E-state index contributed by atoms with van der Waals surface area (Å²) in [5.41, 5.74) is 1.29. The van der Waals surface area contributed by atoms with Gasteiger partial charge < -0.3 is 15.0 Å². The van der Waals surface area contributed by atoms with E-state index in [4.69, 9.17) is 4.74 Å². The molecule has 1 fully saturated rings. The van der Waals surface area contributed by atoms with E-state index in [1.165, 1.54) is 6.92 Å². The van der Waals surface area contributed by atoms with Crippen LogP contribution < -0.4 is 10.1 Å². The number of benzene rings is 1. The predicted octanol–water partition coefficient (Wildman–Crippen LogP) is 2.21. The van der Waals surface area contributed by atoms with E-state index in [2.05, 4.69) is 5.32 Å². The highest BCUT2D eigenvalue weighted by atomic mass is 16.5. The maximum Gasteiger partial charge on any atom is 0.227 e. The molecule has 1 N–H and O–H groups in total. The van der Waals surface area contributed by atoms with E-state index in [0.717, 1.165) is 6.42 Å². The lowest BCUT2D eigenvalue weighted by atomic mass is 9.95. The number of piperidine rings is 1. The summed E-state index contributed by atoms with van der Waals surface area (Å²) in [6.45, 7) is 5.39. The number of Topliss-reactive ketones (excluding diaryl/α,β-unsaturated/α-hetero) is 1. The molecule has 1 saturated heterocycles. The SMILES string of the molecule is CCCNC(=O)C1CCN(C(=O)Cc2cc(C(C)=O)ccc2OC)CC1. The van der Waals surface area contributed by atoms with Crippen molar-refractivity contribution in [3.63, 3.8) is 0 Å². The quantitative estimate of drug-likeness (QED) is 0.757. The van der Waals surface area contributed by atoms with Crippen LogP contribution >= 0.6 is 0 Å². The molecule has 6 nitrogen and oxygen atoms in total. The lowest BCUT2D eigenvalue weighted by molar-refractivity contribution is -0.135. The van der Waals surface area contributed by atoms with Gasteiger partial charge in [0.05, 0.1) is 13.5 Å². The van der Waals surface area contributed by atoms with Gasteiger partial charge in [-0.15, -0.1) is 0 Å². The molecule has 0 radical (unpaired) electrons. The Hall–Kier alpha value is -2.37. The van der Waals surface area contributed by atoms with Gasteiger partial charge in [-0.1, -0.05) is 6.92 Å². The standard InChI is InChI=1S/C20H28N2O4/c1-4-9-21-20(25)15-7-10-22(11-8-15)19(24)13-17-12-16(14(2)23)5-6-18(17)26-3/h5-6,12,15H,4,7-11,13H2,1-3H3,(H,21,25). The van der Waals surface area contributed by atoms with Crippen LogP contribution in [0.2, 0.25) is 0 Å². The largest absolute Gasteiger partial charge is 0.496 e. The summed E-state index contributed by atoms with van der Waals surface area (Å²) in [5, 5.41) is 2.93. The fourth-order valence-electron chi connectivity index (χ4n) is 3.19. The van der Waals surface area contributed by atoms with Gasteiger partial charge in [0, 0.05) is 36.7 Å². The Bertz CT molecular complexity index is 664. The third-order valence-electron chi connectivity index (χ3n) is 4.80. The first kappa shape index (κ1) is 19.9. The smallest absolute Gasteiger partial charge is 0.227 e. The summed E-state index contributed by atoms with van der Waals surface area (Å²) in [4.78, 5) is 38.1. The molecule has 1 aromatic carbocycles. The van der Waals surface area contributed by atoms with Crippen molar-refractivity contribution in [2.75, 3.05) is 26.7 Å². The molecule has 0 spiro atoms. The van der Waals surface area contributed by atoms with E-state index in [0.29, 0.717) is 49.4 Å². The van der Waals surface area contributed by atoms with E-state index in [1.54, 1.807) is 30.2 Å². The van der Waals surface area contributed by atoms with Crippen molar-refractivity contribution >= 4 is 17.6 Å². The lowest BCUT2D eigenvalue weighted by Gasteiger charge is -2.31. The van der Waals surface area contributed by atoms with E-state index in [1.807, 2.05) is 6.92 Å². The number of methoxy groups -OCH3 is 1. The van der Waals surface area contributed by atoms with Crippen LogP contribution in [0, 0.1) is 5.92 Å². The van der Waals surface area contributed by atoms with Crippen LogP contribution in [0.5, 0.6) is 5.75 Å². The monoisotopic (exact) mass is 360 g/mol. The summed E-state index contributed by atoms with van der Waals surface area (Å²) in [6.07, 6.45) is 2.49. The van der Waals surface area contributed by atoms with Gasteiger partial charge in [-0.3, -0.25) is 14.4 Å². The van der Waals surface area contributed by atoms with Crippen molar-refractivity contribution in [2.24, 2.45) is 5.92 Å². The second-order valence-electron chi connectivity index (χ2n) is 6.71. The predicted molar refractivity (Wildman–Crippen MR) is 99.3 cm³/mol. The van der Waals surface area contributed by atoms with Crippen LogP contribution in [-0.4, -0.2) is 49.2 Å². The Balaban J connectivity index is 1.96. The summed E-state index contributed by atoms with van der Waals surface area (Å²) < 4.78 is 5.32. The van der Waals surface area contributed by atoms with Gasteiger partial charge in [-0.05, 0) is 44.4 Å². The van der Waals surface area contributed by atoms with Crippen molar-refractivity contribution in [1.29, 1.82) is 0 Å². The fraction of sp³-hybridized carbons (Fsp3) is 0.550. The second kappa shape index (κ2) is 9.36. The van der Waals surface area contributed by atoms with Gasteiger partial charge >= 0.3 is 0 Å². The molecular formula is C20H28N2O4. The van der Waals surface area contributed by atoms with Gasteiger partial charge in [0.2, 0.25) is 11.8 Å². The van der Waals surface area contributed by atoms with Crippen LogP contribution in [0.4, 0.5) is 0 Å². The highest BCUT2D eigenvalue weighted by Crippen LogP contribution is 2.23. The zero-order valence-electron chi connectivity index (χ0n) is 15.8. The summed E-state index contributed by atoms with van der Waals surface area (Å²) in [6, 6.07) is 5.16. The normalized spacial score (nSPS) is 14.8. The van der Waals surface area contributed by atoms with Crippen LogP contribution in [0.3, 0.4) is 0 Å². The molecular weight excluding hydrogens is 332 g/mol. The number of rotatable bonds is 7. The second-order valence-corrected chi connectivity index (χ2v) is 6.71. The van der Waals surface area contributed by atoms with Crippen LogP contribution in [0.1, 0.15) is 49.0 Å². The number of likely N-dealkylation sites (tertiary alicyclic amines) is 1. The van der Waals surface area contributed by atoms with E-state index < -0.39 is 0 Å². The third kappa shape index (κ3) is 5.07. The summed E-state index contributed by atoms with van der Waals surface area (Å²) in [5.74, 6) is 0.643. The first-order chi connectivity index (χ1) is 12.5. The highest BCUT2D eigenvalue weighted by Gasteiger charge is 2.27. The van der Waals surface area contributed by atoms with Crippen molar-refractivity contribution in [2.45, 2.75) is 39.5 Å². The number of ether oxygens (including phenoxy) is 1. The minimum absolute atomic E-state index is 0.00332. The molecule has 1 aliphatic heterocycles. The molecule has 1 aliphatic rings. The van der Waals surface area contributed by atoms with Crippen molar-refractivity contribution in [3.8, 4) is 5.75 Å². The molecule has 0 atom stereocenters. The molecule has 6 heteroatoms. The lowest BCUT2D eigenvalue weighted by Crippen LogP contribution is -2.43. The van der Waals surface area contributed by atoms with Crippen molar-refractivity contribution < 1.29 is 19.1 Å². The molecule has 0 aliphatic carbocycles. The topological polar surface area (TPSA) is 75.7 Å². The Kier molecular flexibility index (Phi) is 7.18. The number of hydrogen-bond acceptors (Lipinski definition) is 4. The maximum absolute atomic E-state index is 12.7. The molecule has 1 aromatic rings. The van der Waals surface area contributed by atoms with Gasteiger partial charge in [-0.2, -0.15) is 0 Å². The zero-order valence-corrected chi connectivity index (χ0v) is 15.8. The number of carbonyl (C=O) groups is 3. The summed E-state index contributed by atoms with van der Waals surface area (Å²) in [7, 11) is 1.55. The Morgan fingerprint density at radius 3 is 2.50 bits per heavy atom. The number of ketones is 1. The molecule has 0 bridgehead atoms. The van der Waals surface area contributed by atoms with Gasteiger partial charge in [0.1, 0.15) is 5.75 Å². The average Bonchev–Trinajstić information content (AvgIpc) is 2.66. The minimum Gasteiger partial charge on any atom is -0.496 e. The molecule has 142 valence electrons. The first-order valence-electron chi connectivity index (χ1n) is 9.19. The van der Waals surface area contributed by atoms with E-state index in [9.17, 15) is 14.4 Å². The average molecular weight is 360 g/mol. The fourth-order valence-corrected chi connectivity index (χ4v) is 3.19. The van der Waals surface area contributed by atoms with Gasteiger partial charge in [-0.25, -0.2) is 0 Å². The zero-order chi connectivity index (χ0) is 19.1. The van der Waals surface area contributed by atoms with E-state index in [-0.39, 0.29) is 29.9 Å². The molecule has 0 aromatic heterocycles. The first-order valence-corrected chi connectivity index (χ1v) is 9.19. The Morgan fingerprint density at radius 1 is 1.23 bits per heavy atom. The van der Waals surface area contributed by atoms with E-state index >= 15 is 0 Å². The van der Waals surface area contributed by atoms with Crippen LogP contribution in [0.15, 0.2) is 18.2 Å². The number of amides is 2. The molecule has 2 rings (SSSR count). The number of nitrogens with zero attached hydrogens (tertiary/aromatic N) is 1. The molecule has 0 saturated carbocycles. The minimum atomic E-state index is -0.0414. The number of carbonyl (C=O) groups excluding carboxylic acids is 3. The maximum atomic E-state index is 12.7. The highest BCUT2D eigenvalue weighted by molar-refractivity contribution is 5.94. The molecule has 26 heavy (non-hydrogen) atoms.